The van der Waals surface area contributed by atoms with E-state index in [0.717, 1.165) is 17.2 Å². The molecule has 126 valence electrons. The molecule has 2 N–H and O–H groups in total. The minimum absolute atomic E-state index is 0.440. The van der Waals surface area contributed by atoms with Crippen LogP contribution in [0.2, 0.25) is 0 Å². The van der Waals surface area contributed by atoms with Crippen molar-refractivity contribution in [1.29, 1.82) is 0 Å². The maximum Gasteiger partial charge on any atom is 0.254 e. The van der Waals surface area contributed by atoms with Gasteiger partial charge in [-0.25, -0.2) is 13.2 Å². The van der Waals surface area contributed by atoms with E-state index in [-0.39, 0.29) is 0 Å². The second kappa shape index (κ2) is 7.16. The van der Waals surface area contributed by atoms with Gasteiger partial charge >= 0.3 is 0 Å². The molecule has 0 aliphatic heterocycles. The lowest BCUT2D eigenvalue weighted by Crippen LogP contribution is -2.33. The number of rotatable bonds is 4. The maximum absolute atomic E-state index is 13.5. The van der Waals surface area contributed by atoms with Crippen LogP contribution in [0.15, 0.2) is 30.3 Å². The summed E-state index contributed by atoms with van der Waals surface area (Å²) in [5.41, 5.74) is 1.78. The van der Waals surface area contributed by atoms with E-state index in [1.54, 1.807) is 12.1 Å². The summed E-state index contributed by atoms with van der Waals surface area (Å²) < 4.78 is 39.5. The van der Waals surface area contributed by atoms with E-state index in [2.05, 4.69) is 10.6 Å². The van der Waals surface area contributed by atoms with Gasteiger partial charge in [0.1, 0.15) is 0 Å². The van der Waals surface area contributed by atoms with E-state index in [9.17, 15) is 22.8 Å². The molecule has 7 heteroatoms. The predicted molar refractivity (Wildman–Crippen MR) is 83.2 cm³/mol. The van der Waals surface area contributed by atoms with Crippen LogP contribution >= 0.6 is 0 Å². The topological polar surface area (TPSA) is 58.2 Å². The van der Waals surface area contributed by atoms with Crippen LogP contribution in [-0.2, 0) is 4.79 Å². The van der Waals surface area contributed by atoms with Crippen LogP contribution in [0.25, 0.3) is 0 Å². The Bertz CT molecular complexity index is 807. The number of halogens is 3. The minimum Gasteiger partial charge on any atom is -0.343 e. The first-order valence-corrected chi connectivity index (χ1v) is 7.09. The Morgan fingerprint density at radius 2 is 1.71 bits per heavy atom. The summed E-state index contributed by atoms with van der Waals surface area (Å²) >= 11 is 0. The zero-order chi connectivity index (χ0) is 17.9. The van der Waals surface area contributed by atoms with Crippen LogP contribution in [0.1, 0.15) is 21.5 Å². The molecule has 0 aliphatic carbocycles. The average Bonchev–Trinajstić information content (AvgIpc) is 2.55. The van der Waals surface area contributed by atoms with Crippen LogP contribution in [-0.4, -0.2) is 18.4 Å². The molecular weight excluding hydrogens is 321 g/mol. The van der Waals surface area contributed by atoms with Gasteiger partial charge in [0.25, 0.3) is 5.91 Å². The Labute approximate surface area is 136 Å². The van der Waals surface area contributed by atoms with Crippen molar-refractivity contribution >= 4 is 17.5 Å². The Morgan fingerprint density at radius 3 is 2.42 bits per heavy atom. The maximum atomic E-state index is 13.5. The first kappa shape index (κ1) is 17.5. The fourth-order valence-electron chi connectivity index (χ4n) is 2.04. The highest BCUT2D eigenvalue weighted by molar-refractivity contribution is 5.99. The zero-order valence-electron chi connectivity index (χ0n) is 13.0. The van der Waals surface area contributed by atoms with E-state index < -0.39 is 41.4 Å². The number of hydrogen-bond donors (Lipinski definition) is 2. The van der Waals surface area contributed by atoms with Gasteiger partial charge in [0.2, 0.25) is 5.91 Å². The lowest BCUT2D eigenvalue weighted by atomic mass is 10.1. The summed E-state index contributed by atoms with van der Waals surface area (Å²) in [6, 6.07) is 6.82. The van der Waals surface area contributed by atoms with Gasteiger partial charge < -0.3 is 10.6 Å². The van der Waals surface area contributed by atoms with E-state index in [1.165, 1.54) is 0 Å². The smallest absolute Gasteiger partial charge is 0.254 e. The SMILES string of the molecule is Cc1cccc(NC(=O)CNC(=O)c2ccc(F)c(F)c2F)c1C. The molecular formula is C17H15F3N2O2. The highest BCUT2D eigenvalue weighted by Gasteiger charge is 2.19. The molecule has 0 aromatic heterocycles. The molecule has 0 bridgehead atoms. The van der Waals surface area contributed by atoms with Crippen molar-refractivity contribution in [2.24, 2.45) is 0 Å². The number of carbonyl (C=O) groups is 2. The number of carbonyl (C=O) groups excluding carboxylic acids is 2. The van der Waals surface area contributed by atoms with Gasteiger partial charge in [0, 0.05) is 5.69 Å². The molecule has 2 aromatic carbocycles. The highest BCUT2D eigenvalue weighted by Crippen LogP contribution is 2.18. The van der Waals surface area contributed by atoms with Gasteiger partial charge in [-0.05, 0) is 43.2 Å². The van der Waals surface area contributed by atoms with Crippen LogP contribution in [0, 0.1) is 31.3 Å². The fourth-order valence-corrected chi connectivity index (χ4v) is 2.04. The molecule has 4 nitrogen and oxygen atoms in total. The third-order valence-corrected chi connectivity index (χ3v) is 3.57. The first-order chi connectivity index (χ1) is 11.3. The number of anilines is 1. The normalized spacial score (nSPS) is 10.4. The first-order valence-electron chi connectivity index (χ1n) is 7.09. The van der Waals surface area contributed by atoms with Gasteiger partial charge in [-0.1, -0.05) is 12.1 Å². The van der Waals surface area contributed by atoms with Crippen LogP contribution < -0.4 is 10.6 Å². The molecule has 0 aliphatic rings. The van der Waals surface area contributed by atoms with E-state index in [4.69, 9.17) is 0 Å². The lowest BCUT2D eigenvalue weighted by molar-refractivity contribution is -0.115. The molecule has 2 amide bonds. The molecule has 0 spiro atoms. The van der Waals surface area contributed by atoms with Crippen molar-refractivity contribution in [3.63, 3.8) is 0 Å². The van der Waals surface area contributed by atoms with Crippen molar-refractivity contribution in [3.05, 3.63) is 64.5 Å². The molecule has 0 fully saturated rings. The second-order valence-electron chi connectivity index (χ2n) is 5.20. The van der Waals surface area contributed by atoms with Gasteiger partial charge in [-0.2, -0.15) is 0 Å². The number of aryl methyl sites for hydroxylation is 1. The number of amides is 2. The Morgan fingerprint density at radius 1 is 1.00 bits per heavy atom. The summed E-state index contributed by atoms with van der Waals surface area (Å²) in [7, 11) is 0. The van der Waals surface area contributed by atoms with Gasteiger partial charge in [0.05, 0.1) is 12.1 Å². The Hall–Kier alpha value is -2.83. The van der Waals surface area contributed by atoms with E-state index in [0.29, 0.717) is 11.8 Å². The summed E-state index contributed by atoms with van der Waals surface area (Å²) in [5.74, 6) is -6.26. The number of nitrogens with one attached hydrogen (secondary N) is 2. The second-order valence-corrected chi connectivity index (χ2v) is 5.20. The van der Waals surface area contributed by atoms with Gasteiger partial charge in [-0.15, -0.1) is 0 Å². The third kappa shape index (κ3) is 3.73. The summed E-state index contributed by atoms with van der Waals surface area (Å²) in [4.78, 5) is 23.7. The largest absolute Gasteiger partial charge is 0.343 e. The summed E-state index contributed by atoms with van der Waals surface area (Å²) in [6.45, 7) is 3.28. The highest BCUT2D eigenvalue weighted by atomic mass is 19.2. The lowest BCUT2D eigenvalue weighted by Gasteiger charge is -2.11. The van der Waals surface area contributed by atoms with E-state index in [1.807, 2.05) is 19.9 Å². The molecule has 2 aromatic rings. The zero-order valence-corrected chi connectivity index (χ0v) is 13.0. The standard InChI is InChI=1S/C17H15F3N2O2/c1-9-4-3-5-13(10(9)2)22-14(23)8-21-17(24)11-6-7-12(18)16(20)15(11)19/h3-7H,8H2,1-2H3,(H,21,24)(H,22,23). The van der Waals surface area contributed by atoms with Gasteiger partial charge in [-0.3, -0.25) is 9.59 Å². The molecule has 0 saturated carbocycles. The van der Waals surface area contributed by atoms with E-state index >= 15 is 0 Å². The minimum atomic E-state index is -1.73. The van der Waals surface area contributed by atoms with Gasteiger partial charge in [0.15, 0.2) is 17.5 Å². The Kier molecular flexibility index (Phi) is 5.23. The average molecular weight is 336 g/mol. The van der Waals surface area contributed by atoms with Crippen LogP contribution in [0.5, 0.6) is 0 Å². The molecule has 0 unspecified atom stereocenters. The summed E-state index contributed by atoms with van der Waals surface area (Å²) in [5, 5.41) is 4.77. The van der Waals surface area contributed by atoms with Crippen LogP contribution in [0.4, 0.5) is 18.9 Å². The molecule has 0 atom stereocenters. The Balaban J connectivity index is 2.00. The fraction of sp³-hybridized carbons (Fsp3) is 0.176. The third-order valence-electron chi connectivity index (χ3n) is 3.57. The van der Waals surface area contributed by atoms with Crippen molar-refractivity contribution in [2.75, 3.05) is 11.9 Å². The number of benzene rings is 2. The number of hydrogen-bond acceptors (Lipinski definition) is 2. The quantitative estimate of drug-likeness (QED) is 0.843. The van der Waals surface area contributed by atoms with Crippen molar-refractivity contribution in [3.8, 4) is 0 Å². The van der Waals surface area contributed by atoms with Crippen LogP contribution in [0.3, 0.4) is 0 Å². The molecule has 0 heterocycles. The van der Waals surface area contributed by atoms with Crippen molar-refractivity contribution in [2.45, 2.75) is 13.8 Å². The van der Waals surface area contributed by atoms with Crippen molar-refractivity contribution in [1.82, 2.24) is 5.32 Å². The molecule has 0 radical (unpaired) electrons. The monoisotopic (exact) mass is 336 g/mol. The molecule has 24 heavy (non-hydrogen) atoms. The molecule has 2 rings (SSSR count). The summed E-state index contributed by atoms with van der Waals surface area (Å²) in [6.07, 6.45) is 0. The molecule has 0 saturated heterocycles. The van der Waals surface area contributed by atoms with Crippen molar-refractivity contribution < 1.29 is 22.8 Å². The predicted octanol–water partition coefficient (Wildman–Crippen LogP) is 3.09.